The van der Waals surface area contributed by atoms with E-state index in [4.69, 9.17) is 28.5 Å². The molecule has 0 fully saturated rings. The molecule has 0 aromatic heterocycles. The van der Waals surface area contributed by atoms with Crippen LogP contribution in [0.1, 0.15) is 51.7 Å². The number of hydrogen-bond acceptors (Lipinski definition) is 11. The maximum absolute atomic E-state index is 12.0. The molecule has 4 unspecified atom stereocenters. The van der Waals surface area contributed by atoms with Crippen LogP contribution in [-0.2, 0) is 26.2 Å². The fourth-order valence-electron chi connectivity index (χ4n) is 5.87. The molecule has 0 heterocycles. The zero-order chi connectivity index (χ0) is 35.9. The topological polar surface area (TPSA) is 155 Å². The Morgan fingerprint density at radius 1 is 1.02 bits per heavy atom. The Labute approximate surface area is 284 Å². The maximum atomic E-state index is 12.0. The minimum Gasteiger partial charge on any atom is -0.493 e. The zero-order valence-electron chi connectivity index (χ0n) is 29.7. The third-order valence-corrected chi connectivity index (χ3v) is 8.64. The van der Waals surface area contributed by atoms with E-state index in [1.54, 1.807) is 35.2 Å². The third kappa shape index (κ3) is 10.9. The number of nitrogens with one attached hydrogen (secondary N) is 1. The molecule has 48 heavy (non-hydrogen) atoms. The van der Waals surface area contributed by atoms with Gasteiger partial charge in [-0.05, 0) is 75.0 Å². The molecule has 1 N–H and O–H groups in total. The first-order valence-corrected chi connectivity index (χ1v) is 16.1. The standard InChI is InChI=1S/C35H52N4O9/c1-24(2)35(23-36,28-19-30(44-7)34(46-9)31(20-28)45-8)16-12-17-38(5)18-15-27-13-10-11-14-29(27)47-21-25(3)33(48-39(41)42)26(4)37-32(40)22-43-6/h10-11,13-14,19-20,24-26,33H,12,15-18,21-22H2,1-9H3,(H,37,40). The Bertz CT molecular complexity index is 1340. The second kappa shape index (κ2) is 19.5. The second-order valence-corrected chi connectivity index (χ2v) is 12.3. The molecule has 13 nitrogen and oxygen atoms in total. The van der Waals surface area contributed by atoms with Crippen molar-refractivity contribution in [1.29, 1.82) is 5.26 Å². The number of rotatable bonds is 22. The van der Waals surface area contributed by atoms with Crippen LogP contribution in [-0.4, -0.2) is 89.8 Å². The number of nitrogens with zero attached hydrogens (tertiary/aromatic N) is 3. The van der Waals surface area contributed by atoms with E-state index in [2.05, 4.69) is 30.1 Å². The van der Waals surface area contributed by atoms with Gasteiger partial charge in [-0.1, -0.05) is 39.0 Å². The SMILES string of the molecule is COCC(=O)NC(C)C(O[N+](=O)[O-])C(C)COc1ccccc1CCN(C)CCCC(C#N)(c1cc(OC)c(OC)c(OC)c1)C(C)C. The maximum Gasteiger partial charge on any atom is 0.294 e. The molecule has 2 rings (SSSR count). The van der Waals surface area contributed by atoms with Crippen molar-refractivity contribution in [1.82, 2.24) is 10.2 Å². The van der Waals surface area contributed by atoms with Crippen LogP contribution in [0.5, 0.6) is 23.0 Å². The first-order chi connectivity index (χ1) is 22.9. The quantitative estimate of drug-likeness (QED) is 0.135. The number of ether oxygens (including phenoxy) is 5. The highest BCUT2D eigenvalue weighted by Crippen LogP contribution is 2.45. The molecule has 1 amide bonds. The Kier molecular flexibility index (Phi) is 16.2. The summed E-state index contributed by atoms with van der Waals surface area (Å²) in [7, 11) is 8.13. The molecule has 4 atom stereocenters. The highest BCUT2D eigenvalue weighted by molar-refractivity contribution is 5.77. The minimum atomic E-state index is -0.925. The molecular weight excluding hydrogens is 620 g/mol. The van der Waals surface area contributed by atoms with Crippen molar-refractivity contribution in [3.63, 3.8) is 0 Å². The lowest BCUT2D eigenvalue weighted by molar-refractivity contribution is -0.771. The fourth-order valence-corrected chi connectivity index (χ4v) is 5.87. The van der Waals surface area contributed by atoms with Gasteiger partial charge in [-0.25, -0.2) is 0 Å². The summed E-state index contributed by atoms with van der Waals surface area (Å²) in [4.78, 5) is 30.4. The highest BCUT2D eigenvalue weighted by atomic mass is 17.0. The van der Waals surface area contributed by atoms with Gasteiger partial charge >= 0.3 is 0 Å². The van der Waals surface area contributed by atoms with Crippen LogP contribution in [0.3, 0.4) is 0 Å². The summed E-state index contributed by atoms with van der Waals surface area (Å²) in [5.74, 6) is 1.42. The molecular formula is C35H52N4O9. The normalized spacial score (nSPS) is 14.3. The van der Waals surface area contributed by atoms with E-state index in [0.717, 1.165) is 30.6 Å². The average Bonchev–Trinajstić information content (AvgIpc) is 3.06. The largest absolute Gasteiger partial charge is 0.493 e. The summed E-state index contributed by atoms with van der Waals surface area (Å²) >= 11 is 0. The van der Waals surface area contributed by atoms with Crippen molar-refractivity contribution in [3.05, 3.63) is 57.6 Å². The van der Waals surface area contributed by atoms with Gasteiger partial charge < -0.3 is 38.7 Å². The van der Waals surface area contributed by atoms with Crippen molar-refractivity contribution >= 4 is 5.91 Å². The number of methoxy groups -OCH3 is 4. The summed E-state index contributed by atoms with van der Waals surface area (Å²) in [6, 6.07) is 13.4. The highest BCUT2D eigenvalue weighted by Gasteiger charge is 2.37. The van der Waals surface area contributed by atoms with E-state index >= 15 is 0 Å². The van der Waals surface area contributed by atoms with Gasteiger partial charge in [0.25, 0.3) is 5.09 Å². The number of carbonyl (C=O) groups is 1. The number of likely N-dealkylation sites (N-methyl/N-ethyl adjacent to an activating group) is 1. The predicted octanol–water partition coefficient (Wildman–Crippen LogP) is 4.83. The van der Waals surface area contributed by atoms with E-state index in [-0.39, 0.29) is 19.1 Å². The van der Waals surface area contributed by atoms with Crippen molar-refractivity contribution in [2.45, 2.75) is 64.5 Å². The van der Waals surface area contributed by atoms with Crippen LogP contribution in [0.25, 0.3) is 0 Å². The van der Waals surface area contributed by atoms with Gasteiger partial charge in [-0.2, -0.15) is 5.26 Å². The van der Waals surface area contributed by atoms with Gasteiger partial charge in [0, 0.05) is 19.6 Å². The van der Waals surface area contributed by atoms with Gasteiger partial charge in [0.15, 0.2) is 11.5 Å². The molecule has 0 aliphatic rings. The number of para-hydroxylation sites is 1. The molecule has 2 aromatic carbocycles. The minimum absolute atomic E-state index is 0.0296. The van der Waals surface area contributed by atoms with Crippen LogP contribution in [0.2, 0.25) is 0 Å². The number of carbonyl (C=O) groups excluding carboxylic acids is 1. The van der Waals surface area contributed by atoms with Gasteiger partial charge in [-0.15, -0.1) is 10.1 Å². The Balaban J connectivity index is 2.06. The molecule has 0 aliphatic carbocycles. The average molecular weight is 673 g/mol. The summed E-state index contributed by atoms with van der Waals surface area (Å²) < 4.78 is 27.6. The van der Waals surface area contributed by atoms with Crippen LogP contribution in [0.4, 0.5) is 0 Å². The molecule has 0 saturated heterocycles. The summed E-state index contributed by atoms with van der Waals surface area (Å²) in [6.45, 7) is 9.03. The molecule has 0 radical (unpaired) electrons. The zero-order valence-corrected chi connectivity index (χ0v) is 29.7. The second-order valence-electron chi connectivity index (χ2n) is 12.3. The van der Waals surface area contributed by atoms with Crippen LogP contribution in [0, 0.1) is 33.3 Å². The predicted molar refractivity (Wildman–Crippen MR) is 181 cm³/mol. The summed E-state index contributed by atoms with van der Waals surface area (Å²) in [5.41, 5.74) is 1.07. The number of hydrogen-bond donors (Lipinski definition) is 1. The van der Waals surface area contributed by atoms with Crippen molar-refractivity contribution in [2.75, 3.05) is 61.8 Å². The molecule has 0 aliphatic heterocycles. The molecule has 0 bridgehead atoms. The molecule has 0 spiro atoms. The van der Waals surface area contributed by atoms with E-state index in [1.807, 2.05) is 43.4 Å². The van der Waals surface area contributed by atoms with Gasteiger partial charge in [0.2, 0.25) is 11.7 Å². The number of benzene rings is 2. The first-order valence-electron chi connectivity index (χ1n) is 16.1. The lowest BCUT2D eigenvalue weighted by Crippen LogP contribution is -2.48. The van der Waals surface area contributed by atoms with Crippen LogP contribution < -0.4 is 24.3 Å². The van der Waals surface area contributed by atoms with Gasteiger partial charge in [0.1, 0.15) is 18.5 Å². The van der Waals surface area contributed by atoms with Crippen molar-refractivity contribution < 1.29 is 38.4 Å². The van der Waals surface area contributed by atoms with E-state index < -0.39 is 34.5 Å². The molecule has 266 valence electrons. The van der Waals surface area contributed by atoms with Crippen molar-refractivity contribution in [2.24, 2.45) is 11.8 Å². The molecule has 0 saturated carbocycles. The van der Waals surface area contributed by atoms with E-state index in [0.29, 0.717) is 35.8 Å². The number of nitriles is 1. The Morgan fingerprint density at radius 3 is 2.21 bits per heavy atom. The lowest BCUT2D eigenvalue weighted by Gasteiger charge is -2.33. The van der Waals surface area contributed by atoms with Crippen LogP contribution >= 0.6 is 0 Å². The smallest absolute Gasteiger partial charge is 0.294 e. The lowest BCUT2D eigenvalue weighted by atomic mass is 9.69. The van der Waals surface area contributed by atoms with E-state index in [9.17, 15) is 20.2 Å². The van der Waals surface area contributed by atoms with Crippen LogP contribution in [0.15, 0.2) is 36.4 Å². The molecule has 13 heteroatoms. The van der Waals surface area contributed by atoms with Gasteiger partial charge in [0.05, 0.1) is 45.5 Å². The van der Waals surface area contributed by atoms with Crippen molar-refractivity contribution in [3.8, 4) is 29.1 Å². The third-order valence-electron chi connectivity index (χ3n) is 8.64. The Morgan fingerprint density at radius 2 is 1.67 bits per heavy atom. The summed E-state index contributed by atoms with van der Waals surface area (Å²) in [5, 5.41) is 23.5. The number of amides is 1. The van der Waals surface area contributed by atoms with E-state index in [1.165, 1.54) is 7.11 Å². The van der Waals surface area contributed by atoms with Gasteiger partial charge in [-0.3, -0.25) is 4.79 Å². The first kappa shape index (κ1) is 39.9. The Hall–Kier alpha value is -4.28. The fraction of sp³-hybridized carbons (Fsp3) is 0.600. The monoisotopic (exact) mass is 672 g/mol. The molecule has 2 aromatic rings. The summed E-state index contributed by atoms with van der Waals surface area (Å²) in [6.07, 6.45) is 1.20.